The third-order valence-corrected chi connectivity index (χ3v) is 3.49. The number of carbonyl (C=O) groups excluding carboxylic acids is 1. The Labute approximate surface area is 120 Å². The Kier molecular flexibility index (Phi) is 6.01. The molecule has 0 fully saturated rings. The molecule has 0 aromatic heterocycles. The minimum atomic E-state index is -2.91. The minimum absolute atomic E-state index is 0.0146. The first-order valence-corrected chi connectivity index (χ1v) is 6.78. The van der Waals surface area contributed by atoms with Gasteiger partial charge in [0.25, 0.3) is 0 Å². The van der Waals surface area contributed by atoms with E-state index in [4.69, 9.17) is 0 Å². The van der Waals surface area contributed by atoms with E-state index in [1.54, 1.807) is 6.07 Å². The Bertz CT molecular complexity index is 439. The number of methoxy groups -OCH3 is 1. The van der Waals surface area contributed by atoms with E-state index in [2.05, 4.69) is 41.3 Å². The molecule has 0 amide bonds. The predicted octanol–water partition coefficient (Wildman–Crippen LogP) is 3.66. The van der Waals surface area contributed by atoms with Crippen molar-refractivity contribution in [2.24, 2.45) is 0 Å². The maximum absolute atomic E-state index is 12.3. The molecule has 0 radical (unpaired) electrons. The van der Waals surface area contributed by atoms with Gasteiger partial charge in [-0.1, -0.05) is 31.9 Å². The third-order valence-electron chi connectivity index (χ3n) is 2.15. The lowest BCUT2D eigenvalue weighted by Crippen LogP contribution is -2.08. The molecule has 3 nitrogen and oxygen atoms in total. The molecule has 0 aliphatic carbocycles. The molecule has 7 heteroatoms. The average Bonchev–Trinajstić information content (AvgIpc) is 2.32. The maximum atomic E-state index is 12.3. The predicted molar refractivity (Wildman–Crippen MR) is 69.1 cm³/mol. The number of rotatable bonds is 5. The van der Waals surface area contributed by atoms with Crippen molar-refractivity contribution >= 4 is 37.8 Å². The Morgan fingerprint density at radius 3 is 2.56 bits per heavy atom. The van der Waals surface area contributed by atoms with Gasteiger partial charge < -0.3 is 9.47 Å². The molecule has 18 heavy (non-hydrogen) atoms. The SMILES string of the molecule is COC(=O)Cc1cc(OC(F)F)c(CBr)cc1Br. The van der Waals surface area contributed by atoms with Gasteiger partial charge in [0.2, 0.25) is 0 Å². The minimum Gasteiger partial charge on any atom is -0.469 e. The van der Waals surface area contributed by atoms with Crippen LogP contribution in [0.5, 0.6) is 5.75 Å². The van der Waals surface area contributed by atoms with E-state index in [0.717, 1.165) is 0 Å². The zero-order chi connectivity index (χ0) is 13.7. The van der Waals surface area contributed by atoms with Crippen LogP contribution in [0.2, 0.25) is 0 Å². The van der Waals surface area contributed by atoms with Crippen LogP contribution in [0.15, 0.2) is 16.6 Å². The molecule has 1 aromatic rings. The van der Waals surface area contributed by atoms with Gasteiger partial charge in [-0.15, -0.1) is 0 Å². The normalized spacial score (nSPS) is 10.6. The molecule has 0 spiro atoms. The number of benzene rings is 1. The summed E-state index contributed by atoms with van der Waals surface area (Å²) in [5.41, 5.74) is 1.10. The molecule has 0 bridgehead atoms. The Balaban J connectivity index is 3.08. The highest BCUT2D eigenvalue weighted by molar-refractivity contribution is 9.10. The van der Waals surface area contributed by atoms with Crippen molar-refractivity contribution < 1.29 is 23.0 Å². The summed E-state index contributed by atoms with van der Waals surface area (Å²) in [6.07, 6.45) is -0.0146. The first-order chi connectivity index (χ1) is 8.47. The molecular weight excluding hydrogens is 378 g/mol. The van der Waals surface area contributed by atoms with Gasteiger partial charge in [-0.2, -0.15) is 8.78 Å². The molecule has 0 unspecified atom stereocenters. The average molecular weight is 388 g/mol. The van der Waals surface area contributed by atoms with Crippen molar-refractivity contribution in [2.45, 2.75) is 18.4 Å². The second-order valence-electron chi connectivity index (χ2n) is 3.32. The van der Waals surface area contributed by atoms with Gasteiger partial charge in [-0.3, -0.25) is 4.79 Å². The van der Waals surface area contributed by atoms with Gasteiger partial charge in [-0.25, -0.2) is 0 Å². The van der Waals surface area contributed by atoms with Crippen LogP contribution < -0.4 is 4.74 Å². The van der Waals surface area contributed by atoms with Crippen LogP contribution in [0.3, 0.4) is 0 Å². The summed E-state index contributed by atoms with van der Waals surface area (Å²) < 4.78 is 34.1. The fraction of sp³-hybridized carbons (Fsp3) is 0.364. The van der Waals surface area contributed by atoms with Crippen molar-refractivity contribution in [1.29, 1.82) is 0 Å². The van der Waals surface area contributed by atoms with Gasteiger partial charge in [0.15, 0.2) is 0 Å². The van der Waals surface area contributed by atoms with E-state index in [1.807, 2.05) is 0 Å². The lowest BCUT2D eigenvalue weighted by Gasteiger charge is -2.12. The van der Waals surface area contributed by atoms with Crippen molar-refractivity contribution in [2.75, 3.05) is 7.11 Å². The van der Waals surface area contributed by atoms with Gasteiger partial charge >= 0.3 is 12.6 Å². The Hall–Kier alpha value is -0.690. The number of hydrogen-bond acceptors (Lipinski definition) is 3. The zero-order valence-electron chi connectivity index (χ0n) is 9.38. The lowest BCUT2D eigenvalue weighted by molar-refractivity contribution is -0.139. The van der Waals surface area contributed by atoms with Crippen molar-refractivity contribution in [3.63, 3.8) is 0 Å². The summed E-state index contributed by atoms with van der Waals surface area (Å²) >= 11 is 6.46. The van der Waals surface area contributed by atoms with Gasteiger partial charge in [0, 0.05) is 15.4 Å². The number of halogens is 4. The third kappa shape index (κ3) is 4.20. The standard InChI is InChI=1S/C11H10Br2F2O3/c1-17-10(16)4-6-3-9(18-11(14)15)7(5-12)2-8(6)13/h2-3,11H,4-5H2,1H3. The van der Waals surface area contributed by atoms with Gasteiger partial charge in [0.1, 0.15) is 5.75 Å². The van der Waals surface area contributed by atoms with Gasteiger partial charge in [-0.05, 0) is 17.7 Å². The van der Waals surface area contributed by atoms with Gasteiger partial charge in [0.05, 0.1) is 13.5 Å². The zero-order valence-corrected chi connectivity index (χ0v) is 12.6. The molecule has 0 saturated heterocycles. The highest BCUT2D eigenvalue weighted by atomic mass is 79.9. The number of ether oxygens (including phenoxy) is 2. The number of alkyl halides is 3. The van der Waals surface area contributed by atoms with E-state index >= 15 is 0 Å². The second kappa shape index (κ2) is 7.04. The smallest absolute Gasteiger partial charge is 0.387 e. The van der Waals surface area contributed by atoms with Crippen LogP contribution in [0, 0.1) is 0 Å². The maximum Gasteiger partial charge on any atom is 0.387 e. The highest BCUT2D eigenvalue weighted by Crippen LogP contribution is 2.30. The Morgan fingerprint density at radius 1 is 1.39 bits per heavy atom. The first kappa shape index (κ1) is 15.4. The number of carbonyl (C=O) groups is 1. The molecule has 0 saturated carbocycles. The molecule has 0 heterocycles. The van der Waals surface area contributed by atoms with Crippen LogP contribution in [0.25, 0.3) is 0 Å². The fourth-order valence-corrected chi connectivity index (χ4v) is 2.28. The van der Waals surface area contributed by atoms with Crippen molar-refractivity contribution in [3.05, 3.63) is 27.7 Å². The molecule has 1 aromatic carbocycles. The molecule has 0 aliphatic heterocycles. The molecule has 100 valence electrons. The monoisotopic (exact) mass is 386 g/mol. The van der Waals surface area contributed by atoms with Crippen LogP contribution in [0.1, 0.15) is 11.1 Å². The summed E-state index contributed by atoms with van der Waals surface area (Å²) in [5.74, 6) is -0.408. The summed E-state index contributed by atoms with van der Waals surface area (Å²) in [6, 6.07) is 3.04. The molecule has 0 aliphatic rings. The Morgan fingerprint density at radius 2 is 2.06 bits per heavy atom. The van der Waals surface area contributed by atoms with E-state index in [1.165, 1.54) is 13.2 Å². The van der Waals surface area contributed by atoms with E-state index in [-0.39, 0.29) is 12.2 Å². The van der Waals surface area contributed by atoms with Crippen LogP contribution >= 0.6 is 31.9 Å². The van der Waals surface area contributed by atoms with Crippen LogP contribution in [-0.4, -0.2) is 19.7 Å². The highest BCUT2D eigenvalue weighted by Gasteiger charge is 2.15. The van der Waals surface area contributed by atoms with E-state index in [0.29, 0.717) is 20.9 Å². The molecule has 0 atom stereocenters. The van der Waals surface area contributed by atoms with Crippen molar-refractivity contribution in [1.82, 2.24) is 0 Å². The number of esters is 1. The van der Waals surface area contributed by atoms with Crippen LogP contribution in [-0.2, 0) is 21.3 Å². The molecule has 1 rings (SSSR count). The number of hydrogen-bond donors (Lipinski definition) is 0. The van der Waals surface area contributed by atoms with E-state index in [9.17, 15) is 13.6 Å². The van der Waals surface area contributed by atoms with E-state index < -0.39 is 12.6 Å². The largest absolute Gasteiger partial charge is 0.469 e. The lowest BCUT2D eigenvalue weighted by atomic mass is 10.1. The first-order valence-electron chi connectivity index (χ1n) is 4.86. The van der Waals surface area contributed by atoms with Crippen LogP contribution in [0.4, 0.5) is 8.78 Å². The molecule has 0 N–H and O–H groups in total. The summed E-state index contributed by atoms with van der Waals surface area (Å²) in [4.78, 5) is 11.2. The quantitative estimate of drug-likeness (QED) is 0.571. The fourth-order valence-electron chi connectivity index (χ4n) is 1.31. The summed E-state index contributed by atoms with van der Waals surface area (Å²) in [6.45, 7) is -2.91. The summed E-state index contributed by atoms with van der Waals surface area (Å²) in [5, 5.41) is 0.367. The second-order valence-corrected chi connectivity index (χ2v) is 4.73. The summed E-state index contributed by atoms with van der Waals surface area (Å²) in [7, 11) is 1.26. The van der Waals surface area contributed by atoms with Crippen molar-refractivity contribution in [3.8, 4) is 5.75 Å². The topological polar surface area (TPSA) is 35.5 Å². The molecular formula is C11H10Br2F2O3.